The van der Waals surface area contributed by atoms with Crippen LogP contribution in [0.2, 0.25) is 0 Å². The topological polar surface area (TPSA) is 132 Å². The van der Waals surface area contributed by atoms with Gasteiger partial charge in [-0.05, 0) is 44.5 Å². The number of aromatic nitrogens is 1. The van der Waals surface area contributed by atoms with Gasteiger partial charge < -0.3 is 14.5 Å². The summed E-state index contributed by atoms with van der Waals surface area (Å²) in [5, 5.41) is 0. The number of H-pyrrole nitrogens is 1. The van der Waals surface area contributed by atoms with Gasteiger partial charge >= 0.3 is 11.9 Å². The SMILES string of the molecule is COC(=O)c1c(C)[nH]c(C(=O)[C@@H](C)OC(=O)c2cccc(NS(C)(=O)=O)c2)c1C. The zero-order valence-electron chi connectivity index (χ0n) is 16.7. The highest BCUT2D eigenvalue weighted by atomic mass is 32.2. The molecule has 10 heteroatoms. The van der Waals surface area contributed by atoms with Crippen LogP contribution in [0.3, 0.4) is 0 Å². The van der Waals surface area contributed by atoms with Gasteiger partial charge in [0, 0.05) is 11.4 Å². The van der Waals surface area contributed by atoms with Gasteiger partial charge in [0.25, 0.3) is 0 Å². The summed E-state index contributed by atoms with van der Waals surface area (Å²) in [4.78, 5) is 39.8. The van der Waals surface area contributed by atoms with Crippen LogP contribution >= 0.6 is 0 Å². The monoisotopic (exact) mass is 422 g/mol. The third-order valence-electron chi connectivity index (χ3n) is 4.13. The average molecular weight is 422 g/mol. The molecule has 0 bridgehead atoms. The minimum Gasteiger partial charge on any atom is -0.465 e. The number of hydrogen-bond donors (Lipinski definition) is 2. The van der Waals surface area contributed by atoms with Gasteiger partial charge in [-0.3, -0.25) is 9.52 Å². The summed E-state index contributed by atoms with van der Waals surface area (Å²) in [6.45, 7) is 4.64. The smallest absolute Gasteiger partial charge is 0.339 e. The number of ether oxygens (including phenoxy) is 2. The van der Waals surface area contributed by atoms with E-state index in [4.69, 9.17) is 9.47 Å². The second-order valence-electron chi connectivity index (χ2n) is 6.48. The zero-order valence-corrected chi connectivity index (χ0v) is 17.5. The molecule has 156 valence electrons. The van der Waals surface area contributed by atoms with E-state index in [1.807, 2.05) is 0 Å². The molecule has 2 aromatic rings. The predicted molar refractivity (Wildman–Crippen MR) is 106 cm³/mol. The Balaban J connectivity index is 2.19. The molecule has 29 heavy (non-hydrogen) atoms. The Labute approximate surface area is 168 Å². The number of esters is 2. The molecule has 0 fully saturated rings. The van der Waals surface area contributed by atoms with Crippen LogP contribution in [0.5, 0.6) is 0 Å². The Morgan fingerprint density at radius 1 is 1.14 bits per heavy atom. The van der Waals surface area contributed by atoms with Gasteiger partial charge in [0.2, 0.25) is 15.8 Å². The Bertz CT molecular complexity index is 1070. The van der Waals surface area contributed by atoms with Crippen molar-refractivity contribution in [3.63, 3.8) is 0 Å². The summed E-state index contributed by atoms with van der Waals surface area (Å²) in [7, 11) is -2.26. The third kappa shape index (κ3) is 5.23. The van der Waals surface area contributed by atoms with Crippen LogP contribution in [-0.2, 0) is 19.5 Å². The number of aromatic amines is 1. The summed E-state index contributed by atoms with van der Waals surface area (Å²) in [6, 6.07) is 5.70. The normalized spacial score (nSPS) is 12.2. The van der Waals surface area contributed by atoms with E-state index in [0.717, 1.165) is 6.26 Å². The molecule has 1 aromatic heterocycles. The van der Waals surface area contributed by atoms with E-state index in [1.54, 1.807) is 13.8 Å². The van der Waals surface area contributed by atoms with Crippen molar-refractivity contribution >= 4 is 33.4 Å². The lowest BCUT2D eigenvalue weighted by atomic mass is 10.1. The molecule has 0 aliphatic carbocycles. The van der Waals surface area contributed by atoms with Crippen LogP contribution in [0.15, 0.2) is 24.3 Å². The summed E-state index contributed by atoms with van der Waals surface area (Å²) < 4.78 is 34.9. The van der Waals surface area contributed by atoms with Gasteiger partial charge in [-0.1, -0.05) is 6.07 Å². The van der Waals surface area contributed by atoms with E-state index in [2.05, 4.69) is 9.71 Å². The van der Waals surface area contributed by atoms with Crippen molar-refractivity contribution in [3.8, 4) is 0 Å². The first-order valence-corrected chi connectivity index (χ1v) is 10.4. The van der Waals surface area contributed by atoms with Crippen molar-refractivity contribution in [1.82, 2.24) is 4.98 Å². The lowest BCUT2D eigenvalue weighted by Crippen LogP contribution is -2.25. The molecule has 1 heterocycles. The number of aryl methyl sites for hydroxylation is 1. The van der Waals surface area contributed by atoms with E-state index in [-0.39, 0.29) is 22.5 Å². The molecule has 0 aliphatic rings. The Morgan fingerprint density at radius 3 is 2.38 bits per heavy atom. The molecule has 0 amide bonds. The van der Waals surface area contributed by atoms with Gasteiger partial charge in [-0.15, -0.1) is 0 Å². The van der Waals surface area contributed by atoms with Gasteiger partial charge in [-0.2, -0.15) is 0 Å². The summed E-state index contributed by atoms with van der Waals surface area (Å²) >= 11 is 0. The predicted octanol–water partition coefficient (Wildman–Crippen LogP) is 2.22. The Morgan fingerprint density at radius 2 is 1.79 bits per heavy atom. The molecule has 9 nitrogen and oxygen atoms in total. The van der Waals surface area contributed by atoms with Gasteiger partial charge in [-0.25, -0.2) is 18.0 Å². The molecule has 2 rings (SSSR count). The fourth-order valence-corrected chi connectivity index (χ4v) is 3.37. The molecular formula is C19H22N2O7S. The van der Waals surface area contributed by atoms with Crippen LogP contribution in [0.1, 0.15) is 49.4 Å². The quantitative estimate of drug-likeness (QED) is 0.516. The lowest BCUT2D eigenvalue weighted by Gasteiger charge is -2.13. The van der Waals surface area contributed by atoms with E-state index >= 15 is 0 Å². The number of Topliss-reactive ketones (excluding diaryl/α,β-unsaturated/α-hetero) is 1. The number of nitrogens with one attached hydrogen (secondary N) is 2. The minimum atomic E-state index is -3.51. The first kappa shape index (κ1) is 22.2. The number of ketones is 1. The van der Waals surface area contributed by atoms with Crippen molar-refractivity contribution in [2.75, 3.05) is 18.1 Å². The van der Waals surface area contributed by atoms with Crippen LogP contribution in [0, 0.1) is 13.8 Å². The van der Waals surface area contributed by atoms with Crippen LogP contribution in [0.4, 0.5) is 5.69 Å². The molecule has 0 spiro atoms. The molecule has 0 unspecified atom stereocenters. The molecule has 0 saturated heterocycles. The average Bonchev–Trinajstić information content (AvgIpc) is 2.93. The fourth-order valence-electron chi connectivity index (χ4n) is 2.81. The molecule has 0 saturated carbocycles. The first-order valence-electron chi connectivity index (χ1n) is 8.55. The van der Waals surface area contributed by atoms with Crippen molar-refractivity contribution in [3.05, 3.63) is 52.3 Å². The minimum absolute atomic E-state index is 0.0768. The number of carbonyl (C=O) groups excluding carboxylic acids is 3. The maximum atomic E-state index is 12.7. The van der Waals surface area contributed by atoms with E-state index in [9.17, 15) is 22.8 Å². The molecular weight excluding hydrogens is 400 g/mol. The summed E-state index contributed by atoms with van der Waals surface area (Å²) in [5.41, 5.74) is 1.55. The van der Waals surface area contributed by atoms with Crippen LogP contribution in [-0.4, -0.2) is 50.6 Å². The number of benzene rings is 1. The number of sulfonamides is 1. The zero-order chi connectivity index (χ0) is 21.9. The van der Waals surface area contributed by atoms with Gasteiger partial charge in [0.05, 0.1) is 30.2 Å². The molecule has 2 N–H and O–H groups in total. The highest BCUT2D eigenvalue weighted by Gasteiger charge is 2.27. The number of anilines is 1. The summed E-state index contributed by atoms with van der Waals surface area (Å²) in [6.07, 6.45) is -0.154. The Kier molecular flexibility index (Phi) is 6.48. The van der Waals surface area contributed by atoms with Crippen molar-refractivity contribution in [2.45, 2.75) is 26.9 Å². The highest BCUT2D eigenvalue weighted by molar-refractivity contribution is 7.92. The maximum Gasteiger partial charge on any atom is 0.339 e. The second-order valence-corrected chi connectivity index (χ2v) is 8.23. The van der Waals surface area contributed by atoms with Crippen LogP contribution < -0.4 is 4.72 Å². The fraction of sp³-hybridized carbons (Fsp3) is 0.316. The molecule has 1 atom stereocenters. The van der Waals surface area contributed by atoms with Gasteiger partial charge in [0.15, 0.2) is 6.10 Å². The standard InChI is InChI=1S/C19H22N2O7S/c1-10-15(19(24)27-4)11(2)20-16(10)17(22)12(3)28-18(23)13-7-6-8-14(9-13)21-29(5,25)26/h6-9,12,20-21H,1-5H3/t12-/m1/s1. The highest BCUT2D eigenvalue weighted by Crippen LogP contribution is 2.21. The van der Waals surface area contributed by atoms with Gasteiger partial charge in [0.1, 0.15) is 0 Å². The molecule has 0 radical (unpaired) electrons. The number of rotatable bonds is 7. The second kappa shape index (κ2) is 8.48. The largest absolute Gasteiger partial charge is 0.465 e. The maximum absolute atomic E-state index is 12.7. The molecule has 1 aromatic carbocycles. The van der Waals surface area contributed by atoms with E-state index in [1.165, 1.54) is 38.3 Å². The number of methoxy groups -OCH3 is 1. The van der Waals surface area contributed by atoms with Crippen molar-refractivity contribution < 1.29 is 32.3 Å². The Hall–Kier alpha value is -3.14. The summed E-state index contributed by atoms with van der Waals surface area (Å²) in [5.74, 6) is -1.88. The lowest BCUT2D eigenvalue weighted by molar-refractivity contribution is 0.0317. The third-order valence-corrected chi connectivity index (χ3v) is 4.73. The van der Waals surface area contributed by atoms with Crippen molar-refractivity contribution in [2.24, 2.45) is 0 Å². The number of hydrogen-bond acceptors (Lipinski definition) is 7. The van der Waals surface area contributed by atoms with Crippen LogP contribution in [0.25, 0.3) is 0 Å². The molecule has 0 aliphatic heterocycles. The van der Waals surface area contributed by atoms with E-state index in [0.29, 0.717) is 11.3 Å². The number of carbonyl (C=O) groups is 3. The first-order chi connectivity index (χ1) is 13.4. The van der Waals surface area contributed by atoms with E-state index < -0.39 is 33.8 Å². The van der Waals surface area contributed by atoms with Crippen molar-refractivity contribution in [1.29, 1.82) is 0 Å².